The molecule has 0 saturated heterocycles. The second-order valence-corrected chi connectivity index (χ2v) is 19.0. The standard InChI is InChI=1S/C57H109NO3/c1-3-5-7-9-11-13-15-17-19-21-22-23-24-25-26-27-28-29-30-31-32-33-34-35-37-38-40-42-44-46-48-50-52-56(60)55(54-59)58-57(61)53-51-49-47-45-43-41-39-36-20-18-16-14-12-10-8-6-4-2/h6,8,12,14,18,20,55-56,59-60H,3-5,7,9-11,13,15-17,19,21-54H2,1-2H3,(H,58,61)/b8-6-,14-12-,20-18-. The molecule has 0 bridgehead atoms. The number of allylic oxidation sites excluding steroid dienone is 6. The molecule has 0 aromatic carbocycles. The molecular formula is C57H109NO3. The van der Waals surface area contributed by atoms with Crippen molar-refractivity contribution < 1.29 is 15.0 Å². The molecule has 0 aliphatic heterocycles. The summed E-state index contributed by atoms with van der Waals surface area (Å²) in [5.41, 5.74) is 0. The molecule has 360 valence electrons. The van der Waals surface area contributed by atoms with Gasteiger partial charge in [-0.05, 0) is 44.9 Å². The Labute approximate surface area is 382 Å². The van der Waals surface area contributed by atoms with Crippen molar-refractivity contribution in [1.29, 1.82) is 0 Å². The number of amides is 1. The van der Waals surface area contributed by atoms with Crippen LogP contribution in [0.3, 0.4) is 0 Å². The number of hydrogen-bond acceptors (Lipinski definition) is 3. The van der Waals surface area contributed by atoms with Crippen molar-refractivity contribution in [3.8, 4) is 0 Å². The molecule has 1 amide bonds. The first-order valence-electron chi connectivity index (χ1n) is 27.7. The highest BCUT2D eigenvalue weighted by Crippen LogP contribution is 2.18. The summed E-state index contributed by atoms with van der Waals surface area (Å²) in [6.07, 6.45) is 71.4. The summed E-state index contributed by atoms with van der Waals surface area (Å²) in [6, 6.07) is -0.543. The Balaban J connectivity index is 3.41. The van der Waals surface area contributed by atoms with Crippen molar-refractivity contribution in [2.45, 2.75) is 315 Å². The van der Waals surface area contributed by atoms with Crippen molar-refractivity contribution in [3.63, 3.8) is 0 Å². The van der Waals surface area contributed by atoms with Gasteiger partial charge in [-0.2, -0.15) is 0 Å². The van der Waals surface area contributed by atoms with Crippen LogP contribution in [-0.4, -0.2) is 34.9 Å². The van der Waals surface area contributed by atoms with Gasteiger partial charge in [0.2, 0.25) is 5.91 Å². The quantitative estimate of drug-likeness (QED) is 0.0422. The van der Waals surface area contributed by atoms with E-state index in [2.05, 4.69) is 55.6 Å². The lowest BCUT2D eigenvalue weighted by molar-refractivity contribution is -0.123. The maximum atomic E-state index is 12.4. The van der Waals surface area contributed by atoms with E-state index in [1.807, 2.05) is 0 Å². The maximum absolute atomic E-state index is 12.4. The number of aliphatic hydroxyl groups is 2. The fourth-order valence-corrected chi connectivity index (χ4v) is 8.73. The van der Waals surface area contributed by atoms with Crippen LogP contribution in [0.1, 0.15) is 303 Å². The summed E-state index contributed by atoms with van der Waals surface area (Å²) in [5, 5.41) is 23.3. The lowest BCUT2D eigenvalue weighted by Crippen LogP contribution is -2.45. The lowest BCUT2D eigenvalue weighted by Gasteiger charge is -2.22. The second-order valence-electron chi connectivity index (χ2n) is 19.0. The van der Waals surface area contributed by atoms with Gasteiger partial charge >= 0.3 is 0 Å². The second kappa shape index (κ2) is 53.0. The highest BCUT2D eigenvalue weighted by Gasteiger charge is 2.20. The number of unbranched alkanes of at least 4 members (excludes halogenated alkanes) is 38. The zero-order valence-electron chi connectivity index (χ0n) is 41.4. The van der Waals surface area contributed by atoms with Crippen molar-refractivity contribution >= 4 is 5.91 Å². The summed E-state index contributed by atoms with van der Waals surface area (Å²) in [5.74, 6) is -0.0387. The largest absolute Gasteiger partial charge is 0.394 e. The zero-order chi connectivity index (χ0) is 44.2. The van der Waals surface area contributed by atoms with E-state index in [0.717, 1.165) is 44.9 Å². The molecule has 61 heavy (non-hydrogen) atoms. The van der Waals surface area contributed by atoms with E-state index < -0.39 is 12.1 Å². The van der Waals surface area contributed by atoms with Gasteiger partial charge in [-0.15, -0.1) is 0 Å². The van der Waals surface area contributed by atoms with E-state index in [1.165, 1.54) is 231 Å². The minimum Gasteiger partial charge on any atom is -0.394 e. The number of hydrogen-bond donors (Lipinski definition) is 3. The average molecular weight is 857 g/mol. The number of aliphatic hydroxyl groups excluding tert-OH is 2. The fourth-order valence-electron chi connectivity index (χ4n) is 8.73. The van der Waals surface area contributed by atoms with Crippen molar-refractivity contribution in [1.82, 2.24) is 5.32 Å². The monoisotopic (exact) mass is 856 g/mol. The van der Waals surface area contributed by atoms with E-state index in [1.54, 1.807) is 0 Å². The summed E-state index contributed by atoms with van der Waals surface area (Å²) >= 11 is 0. The SMILES string of the molecule is CC/C=C\C/C=C\C/C=C\CCCCCCCCCC(=O)NC(CO)C(O)CCCCCCCCCCCCCCCCCCCCCCCCCCCCCCCCCC. The molecule has 0 fully saturated rings. The third-order valence-corrected chi connectivity index (χ3v) is 12.9. The normalized spacial score (nSPS) is 13.0. The van der Waals surface area contributed by atoms with E-state index >= 15 is 0 Å². The van der Waals surface area contributed by atoms with Crippen LogP contribution >= 0.6 is 0 Å². The predicted octanol–water partition coefficient (Wildman–Crippen LogP) is 18.1. The fraction of sp³-hybridized carbons (Fsp3) is 0.877. The van der Waals surface area contributed by atoms with Gasteiger partial charge in [0.15, 0.2) is 0 Å². The zero-order valence-corrected chi connectivity index (χ0v) is 41.4. The molecule has 0 aromatic heterocycles. The molecule has 0 aromatic rings. The maximum Gasteiger partial charge on any atom is 0.220 e. The van der Waals surface area contributed by atoms with Crippen LogP contribution in [0.4, 0.5) is 0 Å². The van der Waals surface area contributed by atoms with E-state index in [0.29, 0.717) is 12.8 Å². The molecular weight excluding hydrogens is 747 g/mol. The summed E-state index contributed by atoms with van der Waals surface area (Å²) in [7, 11) is 0. The number of carbonyl (C=O) groups excluding carboxylic acids is 1. The van der Waals surface area contributed by atoms with Crippen LogP contribution in [-0.2, 0) is 4.79 Å². The molecule has 4 nitrogen and oxygen atoms in total. The van der Waals surface area contributed by atoms with Crippen LogP contribution in [0, 0.1) is 0 Å². The third-order valence-electron chi connectivity index (χ3n) is 12.9. The first-order chi connectivity index (χ1) is 30.2. The molecule has 0 heterocycles. The third kappa shape index (κ3) is 49.5. The highest BCUT2D eigenvalue weighted by molar-refractivity contribution is 5.76. The summed E-state index contributed by atoms with van der Waals surface area (Å²) < 4.78 is 0. The molecule has 0 spiro atoms. The van der Waals surface area contributed by atoms with Gasteiger partial charge in [-0.25, -0.2) is 0 Å². The smallest absolute Gasteiger partial charge is 0.220 e. The van der Waals surface area contributed by atoms with E-state index in [4.69, 9.17) is 0 Å². The first-order valence-corrected chi connectivity index (χ1v) is 27.7. The highest BCUT2D eigenvalue weighted by atomic mass is 16.3. The van der Waals surface area contributed by atoms with Gasteiger partial charge in [0.1, 0.15) is 0 Å². The Morgan fingerprint density at radius 2 is 0.721 bits per heavy atom. The molecule has 0 rings (SSSR count). The molecule has 0 saturated carbocycles. The van der Waals surface area contributed by atoms with Crippen LogP contribution in [0.15, 0.2) is 36.5 Å². The molecule has 0 aliphatic rings. The Kier molecular flexibility index (Phi) is 51.7. The average Bonchev–Trinajstić information content (AvgIpc) is 3.26. The van der Waals surface area contributed by atoms with Crippen molar-refractivity contribution in [2.24, 2.45) is 0 Å². The minimum atomic E-state index is -0.665. The Hall–Kier alpha value is -1.39. The predicted molar refractivity (Wildman–Crippen MR) is 272 cm³/mol. The molecule has 0 radical (unpaired) electrons. The van der Waals surface area contributed by atoms with Gasteiger partial charge in [-0.3, -0.25) is 4.79 Å². The van der Waals surface area contributed by atoms with Crippen LogP contribution in [0.5, 0.6) is 0 Å². The molecule has 2 atom stereocenters. The van der Waals surface area contributed by atoms with Crippen LogP contribution in [0.2, 0.25) is 0 Å². The topological polar surface area (TPSA) is 69.6 Å². The van der Waals surface area contributed by atoms with Crippen molar-refractivity contribution in [2.75, 3.05) is 6.61 Å². The van der Waals surface area contributed by atoms with Gasteiger partial charge < -0.3 is 15.5 Å². The molecule has 2 unspecified atom stereocenters. The first kappa shape index (κ1) is 59.6. The Morgan fingerprint density at radius 1 is 0.410 bits per heavy atom. The Morgan fingerprint density at radius 3 is 1.08 bits per heavy atom. The number of carbonyl (C=O) groups is 1. The lowest BCUT2D eigenvalue weighted by atomic mass is 10.0. The molecule has 3 N–H and O–H groups in total. The Bertz CT molecular complexity index is 928. The molecule has 0 aliphatic carbocycles. The van der Waals surface area contributed by atoms with Gasteiger partial charge in [0.05, 0.1) is 18.8 Å². The van der Waals surface area contributed by atoms with E-state index in [-0.39, 0.29) is 12.5 Å². The summed E-state index contributed by atoms with van der Waals surface area (Å²) in [4.78, 5) is 12.4. The van der Waals surface area contributed by atoms with E-state index in [9.17, 15) is 15.0 Å². The minimum absolute atomic E-state index is 0.0387. The van der Waals surface area contributed by atoms with Gasteiger partial charge in [0, 0.05) is 6.42 Å². The van der Waals surface area contributed by atoms with Gasteiger partial charge in [-0.1, -0.05) is 288 Å². The summed E-state index contributed by atoms with van der Waals surface area (Å²) in [6.45, 7) is 4.27. The van der Waals surface area contributed by atoms with Gasteiger partial charge in [0.25, 0.3) is 0 Å². The molecule has 4 heteroatoms. The number of nitrogens with one attached hydrogen (secondary N) is 1. The van der Waals surface area contributed by atoms with Crippen molar-refractivity contribution in [3.05, 3.63) is 36.5 Å². The van der Waals surface area contributed by atoms with Crippen LogP contribution < -0.4 is 5.32 Å². The number of rotatable bonds is 51. The van der Waals surface area contributed by atoms with Crippen LogP contribution in [0.25, 0.3) is 0 Å².